The predicted octanol–water partition coefficient (Wildman–Crippen LogP) is 4.27. The number of nitrogens with one attached hydrogen (secondary N) is 1. The van der Waals surface area contributed by atoms with Gasteiger partial charge in [-0.25, -0.2) is 4.39 Å². The van der Waals surface area contributed by atoms with Crippen molar-refractivity contribution in [2.24, 2.45) is 5.92 Å². The van der Waals surface area contributed by atoms with Crippen molar-refractivity contribution in [3.63, 3.8) is 0 Å². The summed E-state index contributed by atoms with van der Waals surface area (Å²) in [6.45, 7) is 4.39. The summed E-state index contributed by atoms with van der Waals surface area (Å²) < 4.78 is 19.2. The Morgan fingerprint density at radius 2 is 2.17 bits per heavy atom. The minimum absolute atomic E-state index is 0.145. The molecule has 18 heavy (non-hydrogen) atoms. The summed E-state index contributed by atoms with van der Waals surface area (Å²) in [5, 5.41) is 4.08. The van der Waals surface area contributed by atoms with Crippen LogP contribution >= 0.6 is 0 Å². The zero-order valence-corrected chi connectivity index (χ0v) is 11.2. The second-order valence-electron chi connectivity index (χ2n) is 4.90. The van der Waals surface area contributed by atoms with E-state index in [1.54, 1.807) is 6.07 Å². The second-order valence-corrected chi connectivity index (χ2v) is 4.90. The number of benzene rings is 1. The number of hydrogen-bond donors (Lipinski definition) is 1. The SMILES string of the molecule is CCC(C)CC(NC)c1cc2cccc(F)c2o1. The zero-order valence-electron chi connectivity index (χ0n) is 11.2. The van der Waals surface area contributed by atoms with Crippen molar-refractivity contribution in [3.05, 3.63) is 35.8 Å². The third-order valence-electron chi connectivity index (χ3n) is 3.54. The van der Waals surface area contributed by atoms with Crippen LogP contribution in [0.5, 0.6) is 0 Å². The molecule has 0 aliphatic rings. The van der Waals surface area contributed by atoms with Crippen molar-refractivity contribution in [3.8, 4) is 0 Å². The van der Waals surface area contributed by atoms with E-state index < -0.39 is 0 Å². The molecule has 0 saturated carbocycles. The first-order chi connectivity index (χ1) is 8.65. The van der Waals surface area contributed by atoms with Gasteiger partial charge in [-0.1, -0.05) is 32.4 Å². The summed E-state index contributed by atoms with van der Waals surface area (Å²) in [7, 11) is 1.91. The van der Waals surface area contributed by atoms with Crippen LogP contribution in [0.15, 0.2) is 28.7 Å². The summed E-state index contributed by atoms with van der Waals surface area (Å²) >= 11 is 0. The van der Waals surface area contributed by atoms with Crippen LogP contribution in [0.25, 0.3) is 11.0 Å². The minimum Gasteiger partial charge on any atom is -0.456 e. The van der Waals surface area contributed by atoms with E-state index in [-0.39, 0.29) is 11.9 Å². The molecule has 98 valence electrons. The first-order valence-electron chi connectivity index (χ1n) is 6.51. The highest BCUT2D eigenvalue weighted by Gasteiger charge is 2.18. The molecule has 0 amide bonds. The minimum atomic E-state index is -0.294. The summed E-state index contributed by atoms with van der Waals surface area (Å²) in [6, 6.07) is 7.09. The van der Waals surface area contributed by atoms with Crippen LogP contribution in [-0.4, -0.2) is 7.05 Å². The van der Waals surface area contributed by atoms with Crippen LogP contribution in [-0.2, 0) is 0 Å². The summed E-state index contributed by atoms with van der Waals surface area (Å²) in [5.74, 6) is 1.13. The number of hydrogen-bond acceptors (Lipinski definition) is 2. The van der Waals surface area contributed by atoms with E-state index in [2.05, 4.69) is 19.2 Å². The maximum atomic E-state index is 13.6. The highest BCUT2D eigenvalue weighted by Crippen LogP contribution is 2.29. The number of halogens is 1. The van der Waals surface area contributed by atoms with Crippen LogP contribution in [0, 0.1) is 11.7 Å². The third kappa shape index (κ3) is 2.56. The Morgan fingerprint density at radius 3 is 2.78 bits per heavy atom. The van der Waals surface area contributed by atoms with Gasteiger partial charge < -0.3 is 9.73 Å². The van der Waals surface area contributed by atoms with E-state index >= 15 is 0 Å². The van der Waals surface area contributed by atoms with Crippen molar-refractivity contribution in [1.82, 2.24) is 5.32 Å². The fraction of sp³-hybridized carbons (Fsp3) is 0.467. The van der Waals surface area contributed by atoms with Gasteiger partial charge in [0.05, 0.1) is 6.04 Å². The Balaban J connectivity index is 2.31. The molecule has 1 aromatic heterocycles. The van der Waals surface area contributed by atoms with Gasteiger partial charge in [0.2, 0.25) is 0 Å². The topological polar surface area (TPSA) is 25.2 Å². The lowest BCUT2D eigenvalue weighted by molar-refractivity contribution is 0.368. The fourth-order valence-corrected chi connectivity index (χ4v) is 2.16. The smallest absolute Gasteiger partial charge is 0.169 e. The molecular formula is C15H20FNO. The second kappa shape index (κ2) is 5.53. The van der Waals surface area contributed by atoms with Crippen molar-refractivity contribution >= 4 is 11.0 Å². The van der Waals surface area contributed by atoms with Crippen LogP contribution in [0.1, 0.15) is 38.5 Å². The van der Waals surface area contributed by atoms with Crippen LogP contribution in [0.4, 0.5) is 4.39 Å². The molecule has 0 aliphatic heterocycles. The Morgan fingerprint density at radius 1 is 1.39 bits per heavy atom. The highest BCUT2D eigenvalue weighted by molar-refractivity contribution is 5.78. The van der Waals surface area contributed by atoms with Crippen molar-refractivity contribution in [2.45, 2.75) is 32.7 Å². The Hall–Kier alpha value is -1.35. The van der Waals surface area contributed by atoms with Crippen molar-refractivity contribution < 1.29 is 8.81 Å². The first kappa shape index (κ1) is 13.1. The van der Waals surface area contributed by atoms with Gasteiger partial charge in [0.25, 0.3) is 0 Å². The summed E-state index contributed by atoms with van der Waals surface area (Å²) in [5.41, 5.74) is 0.358. The van der Waals surface area contributed by atoms with Gasteiger partial charge in [0.15, 0.2) is 11.4 Å². The van der Waals surface area contributed by atoms with Crippen molar-refractivity contribution in [1.29, 1.82) is 0 Å². The van der Waals surface area contributed by atoms with E-state index in [9.17, 15) is 4.39 Å². The molecule has 2 nitrogen and oxygen atoms in total. The number of rotatable bonds is 5. The van der Waals surface area contributed by atoms with Gasteiger partial charge in [-0.15, -0.1) is 0 Å². The molecule has 2 aromatic rings. The molecule has 0 spiro atoms. The average Bonchev–Trinajstić information content (AvgIpc) is 2.80. The van der Waals surface area contributed by atoms with Gasteiger partial charge in [-0.2, -0.15) is 0 Å². The largest absolute Gasteiger partial charge is 0.456 e. The Bertz CT molecular complexity index is 520. The maximum Gasteiger partial charge on any atom is 0.169 e. The van der Waals surface area contributed by atoms with E-state index in [1.807, 2.05) is 19.2 Å². The fourth-order valence-electron chi connectivity index (χ4n) is 2.16. The lowest BCUT2D eigenvalue weighted by atomic mass is 9.98. The standard InChI is InChI=1S/C15H20FNO/c1-4-10(2)8-13(17-3)14-9-11-6-5-7-12(16)15(11)18-14/h5-7,9-10,13,17H,4,8H2,1-3H3. The Labute approximate surface area is 107 Å². The Kier molecular flexibility index (Phi) is 4.02. The third-order valence-corrected chi connectivity index (χ3v) is 3.54. The summed E-state index contributed by atoms with van der Waals surface area (Å²) in [6.07, 6.45) is 2.13. The number of fused-ring (bicyclic) bond motifs is 1. The lowest BCUT2D eigenvalue weighted by Crippen LogP contribution is -2.18. The van der Waals surface area contributed by atoms with E-state index in [1.165, 1.54) is 6.07 Å². The van der Waals surface area contributed by atoms with Gasteiger partial charge in [-0.05, 0) is 31.5 Å². The molecule has 2 atom stereocenters. The van der Waals surface area contributed by atoms with Crippen molar-refractivity contribution in [2.75, 3.05) is 7.05 Å². The van der Waals surface area contributed by atoms with E-state index in [0.717, 1.165) is 24.0 Å². The van der Waals surface area contributed by atoms with Gasteiger partial charge in [-0.3, -0.25) is 0 Å². The first-order valence-corrected chi connectivity index (χ1v) is 6.51. The molecule has 0 bridgehead atoms. The molecule has 3 heteroatoms. The molecule has 1 heterocycles. The van der Waals surface area contributed by atoms with E-state index in [4.69, 9.17) is 4.42 Å². The molecular weight excluding hydrogens is 229 g/mol. The van der Waals surface area contributed by atoms with Gasteiger partial charge in [0.1, 0.15) is 5.76 Å². The number of furan rings is 1. The normalized spacial score (nSPS) is 14.9. The average molecular weight is 249 g/mol. The molecule has 1 N–H and O–H groups in total. The van der Waals surface area contributed by atoms with E-state index in [0.29, 0.717) is 11.5 Å². The molecule has 2 rings (SSSR count). The summed E-state index contributed by atoms with van der Waals surface area (Å²) in [4.78, 5) is 0. The van der Waals surface area contributed by atoms with Crippen LogP contribution in [0.3, 0.4) is 0 Å². The monoisotopic (exact) mass is 249 g/mol. The molecule has 0 fully saturated rings. The lowest BCUT2D eigenvalue weighted by Gasteiger charge is -2.17. The van der Waals surface area contributed by atoms with Gasteiger partial charge >= 0.3 is 0 Å². The molecule has 2 unspecified atom stereocenters. The number of para-hydroxylation sites is 1. The molecule has 1 aromatic carbocycles. The quantitative estimate of drug-likeness (QED) is 0.856. The maximum absolute atomic E-state index is 13.6. The van der Waals surface area contributed by atoms with Crippen LogP contribution < -0.4 is 5.32 Å². The zero-order chi connectivity index (χ0) is 13.1. The highest BCUT2D eigenvalue weighted by atomic mass is 19.1. The predicted molar refractivity (Wildman–Crippen MR) is 72.0 cm³/mol. The van der Waals surface area contributed by atoms with Gasteiger partial charge in [0, 0.05) is 5.39 Å². The van der Waals surface area contributed by atoms with Crippen LogP contribution in [0.2, 0.25) is 0 Å². The molecule has 0 aliphatic carbocycles. The molecule has 0 saturated heterocycles. The molecule has 0 radical (unpaired) electrons.